The molecule has 232 valence electrons. The molecule has 8 nitrogen and oxygen atoms in total. The number of ketones is 1. The van der Waals surface area contributed by atoms with Gasteiger partial charge < -0.3 is 24.2 Å². The number of aliphatic hydroxyl groups is 1. The van der Waals surface area contributed by atoms with E-state index in [0.717, 1.165) is 54.8 Å². The second-order valence-electron chi connectivity index (χ2n) is 11.4. The Labute approximate surface area is 259 Å². The lowest BCUT2D eigenvalue weighted by Crippen LogP contribution is -2.42. The maximum Gasteiger partial charge on any atom is 0.295 e. The summed E-state index contributed by atoms with van der Waals surface area (Å²) in [5.41, 5.74) is 3.50. The zero-order chi connectivity index (χ0) is 30.9. The molecule has 1 N–H and O–H groups in total. The van der Waals surface area contributed by atoms with Gasteiger partial charge in [0.1, 0.15) is 23.9 Å². The predicted molar refractivity (Wildman–Crippen MR) is 170 cm³/mol. The molecule has 2 fully saturated rings. The second kappa shape index (κ2) is 15.0. The van der Waals surface area contributed by atoms with Gasteiger partial charge in [-0.05, 0) is 60.9 Å². The van der Waals surface area contributed by atoms with Gasteiger partial charge in [-0.25, -0.2) is 0 Å². The number of aliphatic hydroxyl groups excluding tert-OH is 1. The third-order valence-electron chi connectivity index (χ3n) is 8.13. The lowest BCUT2D eigenvalue weighted by Gasteiger charge is -2.31. The van der Waals surface area contributed by atoms with Crippen LogP contribution in [0.3, 0.4) is 0 Å². The molecule has 1 atom stereocenters. The van der Waals surface area contributed by atoms with Crippen molar-refractivity contribution in [3.8, 4) is 11.5 Å². The molecular weight excluding hydrogens is 556 g/mol. The van der Waals surface area contributed by atoms with E-state index in [1.165, 1.54) is 0 Å². The van der Waals surface area contributed by atoms with E-state index in [4.69, 9.17) is 14.2 Å². The predicted octanol–water partition coefficient (Wildman–Crippen LogP) is 5.90. The van der Waals surface area contributed by atoms with E-state index in [2.05, 4.69) is 17.9 Å². The maximum absolute atomic E-state index is 13.5. The molecule has 3 aromatic carbocycles. The van der Waals surface area contributed by atoms with Gasteiger partial charge in [-0.2, -0.15) is 0 Å². The molecule has 2 saturated heterocycles. The van der Waals surface area contributed by atoms with E-state index in [-0.39, 0.29) is 11.3 Å². The van der Waals surface area contributed by atoms with E-state index in [1.807, 2.05) is 49.4 Å². The Morgan fingerprint density at radius 1 is 0.909 bits per heavy atom. The third kappa shape index (κ3) is 7.68. The quantitative estimate of drug-likeness (QED) is 0.114. The van der Waals surface area contributed by atoms with Crippen LogP contribution in [0.5, 0.6) is 11.5 Å². The number of nitrogens with zero attached hydrogens (tertiary/aromatic N) is 2. The molecule has 2 aliphatic heterocycles. The van der Waals surface area contributed by atoms with Crippen molar-refractivity contribution >= 4 is 17.4 Å². The van der Waals surface area contributed by atoms with E-state index in [0.29, 0.717) is 50.8 Å². The topological polar surface area (TPSA) is 88.5 Å². The van der Waals surface area contributed by atoms with E-state index < -0.39 is 17.7 Å². The second-order valence-corrected chi connectivity index (χ2v) is 11.4. The van der Waals surface area contributed by atoms with Crippen LogP contribution in [0.15, 0.2) is 78.4 Å². The summed E-state index contributed by atoms with van der Waals surface area (Å²) in [7, 11) is 0. The Hall–Kier alpha value is -4.14. The Morgan fingerprint density at radius 3 is 2.32 bits per heavy atom. The zero-order valence-electron chi connectivity index (χ0n) is 25.7. The Morgan fingerprint density at radius 2 is 1.61 bits per heavy atom. The minimum absolute atomic E-state index is 0.0852. The van der Waals surface area contributed by atoms with Crippen molar-refractivity contribution in [2.24, 2.45) is 0 Å². The van der Waals surface area contributed by atoms with Gasteiger partial charge in [0, 0.05) is 31.7 Å². The molecule has 3 aromatic rings. The number of unbranched alkanes of at least 4 members (excludes halogenated alkanes) is 2. The van der Waals surface area contributed by atoms with Crippen LogP contribution in [-0.2, 0) is 20.9 Å². The number of morpholine rings is 1. The summed E-state index contributed by atoms with van der Waals surface area (Å²) in [5.74, 6) is -0.124. The van der Waals surface area contributed by atoms with Gasteiger partial charge in [0.05, 0.1) is 31.4 Å². The highest BCUT2D eigenvalue weighted by molar-refractivity contribution is 6.46. The molecule has 5 rings (SSSR count). The van der Waals surface area contributed by atoms with Gasteiger partial charge >= 0.3 is 0 Å². The molecule has 2 aliphatic rings. The standard InChI is InChI=1S/C36H42N2O6/c1-3-4-5-21-43-30-13-9-28(10-14-30)33-32(35(40)36(41)38(33)18-17-37-19-22-42-23-20-37)34(39)29-11-15-31(16-12-29)44-25-27-8-6-7-26(2)24-27/h6-16,24,33,39H,3-5,17-23,25H2,1-2H3/b34-32+. The minimum atomic E-state index is -0.720. The first-order valence-electron chi connectivity index (χ1n) is 15.5. The molecule has 0 aromatic heterocycles. The van der Waals surface area contributed by atoms with Crippen molar-refractivity contribution in [3.63, 3.8) is 0 Å². The molecular formula is C36H42N2O6. The molecule has 44 heavy (non-hydrogen) atoms. The molecule has 0 aliphatic carbocycles. The molecule has 0 spiro atoms. The van der Waals surface area contributed by atoms with Crippen molar-refractivity contribution < 1.29 is 28.9 Å². The average Bonchev–Trinajstić information content (AvgIpc) is 3.30. The molecule has 8 heteroatoms. The van der Waals surface area contributed by atoms with Crippen LogP contribution in [0, 0.1) is 6.92 Å². The number of Topliss-reactive ketones (excluding diaryl/α,β-unsaturated/α-hetero) is 1. The SMILES string of the molecule is CCCCCOc1ccc(C2/C(=C(\O)c3ccc(OCc4cccc(C)c4)cc3)C(=O)C(=O)N2CCN2CCOCC2)cc1. The van der Waals surface area contributed by atoms with Crippen LogP contribution in [0.4, 0.5) is 0 Å². The van der Waals surface area contributed by atoms with Crippen molar-refractivity contribution in [2.45, 2.75) is 45.8 Å². The van der Waals surface area contributed by atoms with Gasteiger partial charge in [0.2, 0.25) is 0 Å². The van der Waals surface area contributed by atoms with Gasteiger partial charge in [-0.3, -0.25) is 14.5 Å². The van der Waals surface area contributed by atoms with Crippen molar-refractivity contribution in [1.29, 1.82) is 0 Å². The van der Waals surface area contributed by atoms with E-state index in [9.17, 15) is 14.7 Å². The fourth-order valence-corrected chi connectivity index (χ4v) is 5.65. The Balaban J connectivity index is 1.39. The summed E-state index contributed by atoms with van der Waals surface area (Å²) in [6.45, 7) is 9.05. The lowest BCUT2D eigenvalue weighted by molar-refractivity contribution is -0.140. The Bertz CT molecular complexity index is 1440. The number of ether oxygens (including phenoxy) is 3. The highest BCUT2D eigenvalue weighted by Crippen LogP contribution is 2.40. The van der Waals surface area contributed by atoms with E-state index >= 15 is 0 Å². The number of benzene rings is 3. The molecule has 1 amide bonds. The summed E-state index contributed by atoms with van der Waals surface area (Å²) < 4.78 is 17.3. The Kier molecular flexibility index (Phi) is 10.7. The van der Waals surface area contributed by atoms with Gasteiger partial charge in [-0.1, -0.05) is 61.7 Å². The van der Waals surface area contributed by atoms with Crippen LogP contribution in [0.1, 0.15) is 54.5 Å². The fraction of sp³-hybridized carbons (Fsp3) is 0.389. The molecule has 0 radical (unpaired) electrons. The van der Waals surface area contributed by atoms with E-state index in [1.54, 1.807) is 29.2 Å². The number of amides is 1. The number of carbonyl (C=O) groups excluding carboxylic acids is 2. The first-order valence-corrected chi connectivity index (χ1v) is 15.5. The average molecular weight is 599 g/mol. The highest BCUT2D eigenvalue weighted by atomic mass is 16.5. The van der Waals surface area contributed by atoms with Crippen LogP contribution in [-0.4, -0.2) is 72.6 Å². The largest absolute Gasteiger partial charge is 0.507 e. The zero-order valence-corrected chi connectivity index (χ0v) is 25.7. The number of aryl methyl sites for hydroxylation is 1. The maximum atomic E-state index is 13.5. The number of hydrogen-bond acceptors (Lipinski definition) is 7. The summed E-state index contributed by atoms with van der Waals surface area (Å²) >= 11 is 0. The summed E-state index contributed by atoms with van der Waals surface area (Å²) in [6, 6.07) is 21.8. The van der Waals surface area contributed by atoms with Crippen LogP contribution in [0.2, 0.25) is 0 Å². The van der Waals surface area contributed by atoms with Crippen molar-refractivity contribution in [2.75, 3.05) is 46.0 Å². The summed E-state index contributed by atoms with van der Waals surface area (Å²) in [6.07, 6.45) is 3.21. The van der Waals surface area contributed by atoms with Crippen molar-refractivity contribution in [3.05, 3.63) is 101 Å². The van der Waals surface area contributed by atoms with Gasteiger partial charge in [-0.15, -0.1) is 0 Å². The normalized spacial score (nSPS) is 18.5. The van der Waals surface area contributed by atoms with Crippen LogP contribution in [0.25, 0.3) is 5.76 Å². The van der Waals surface area contributed by atoms with Crippen molar-refractivity contribution in [1.82, 2.24) is 9.80 Å². The minimum Gasteiger partial charge on any atom is -0.507 e. The molecule has 1 unspecified atom stereocenters. The van der Waals surface area contributed by atoms with Gasteiger partial charge in [0.25, 0.3) is 11.7 Å². The summed E-state index contributed by atoms with van der Waals surface area (Å²) in [4.78, 5) is 30.7. The smallest absolute Gasteiger partial charge is 0.295 e. The highest BCUT2D eigenvalue weighted by Gasteiger charge is 2.46. The first-order chi connectivity index (χ1) is 21.4. The number of hydrogen-bond donors (Lipinski definition) is 1. The number of likely N-dealkylation sites (tertiary alicyclic amines) is 1. The fourth-order valence-electron chi connectivity index (χ4n) is 5.65. The van der Waals surface area contributed by atoms with Crippen LogP contribution >= 0.6 is 0 Å². The van der Waals surface area contributed by atoms with Gasteiger partial charge in [0.15, 0.2) is 0 Å². The summed E-state index contributed by atoms with van der Waals surface area (Å²) in [5, 5.41) is 11.5. The molecule has 0 bridgehead atoms. The molecule has 0 saturated carbocycles. The number of rotatable bonds is 13. The third-order valence-corrected chi connectivity index (χ3v) is 8.13. The lowest BCUT2D eigenvalue weighted by atomic mass is 9.95. The first kappa shape index (κ1) is 31.3. The van der Waals surface area contributed by atoms with Crippen LogP contribution < -0.4 is 9.47 Å². The monoisotopic (exact) mass is 598 g/mol. The number of carbonyl (C=O) groups is 2. The molecule has 2 heterocycles.